The van der Waals surface area contributed by atoms with E-state index >= 15 is 0 Å². The molecule has 3 aliphatic rings. The highest BCUT2D eigenvalue weighted by Crippen LogP contribution is 2.41. The van der Waals surface area contributed by atoms with E-state index in [0.29, 0.717) is 17.7 Å². The normalized spacial score (nSPS) is 18.5. The van der Waals surface area contributed by atoms with Gasteiger partial charge in [-0.05, 0) is 72.2 Å². The molecule has 0 saturated heterocycles. The van der Waals surface area contributed by atoms with Crippen LogP contribution in [0.3, 0.4) is 0 Å². The molecule has 0 radical (unpaired) electrons. The number of hydrogen-bond acceptors (Lipinski definition) is 3. The number of furan rings is 1. The van der Waals surface area contributed by atoms with Crippen LogP contribution in [0.2, 0.25) is 0 Å². The standard InChI is InChI=1S/C53H41N3O/c1-34-12-11-19-38(28-34)40-21-25-44-43-24-20-39(35-13-5-2-6-14-35)29-49(43)56(50(44)30-40)42-23-27-46-45-26-22-41(31-51(45)57-52(46)32-42)53-54-47(36-15-7-3-8-16-36)33-48(55-53)37-17-9-4-10-18-37/h2-11,13-22,24-28,30-34,39,42H,12,23,29H2,1H3. The third kappa shape index (κ3) is 6.00. The molecule has 0 spiro atoms. The van der Waals surface area contributed by atoms with Gasteiger partial charge in [-0.25, -0.2) is 9.97 Å². The van der Waals surface area contributed by atoms with Crippen LogP contribution in [0.5, 0.6) is 0 Å². The van der Waals surface area contributed by atoms with Crippen LogP contribution in [0.1, 0.15) is 54.1 Å². The van der Waals surface area contributed by atoms with E-state index in [0.717, 1.165) is 68.9 Å². The molecule has 0 saturated carbocycles. The summed E-state index contributed by atoms with van der Waals surface area (Å²) in [4.78, 5) is 10.2. The number of aromatic nitrogens is 3. The van der Waals surface area contributed by atoms with Crippen molar-refractivity contribution in [1.82, 2.24) is 14.5 Å². The first kappa shape index (κ1) is 33.5. The Morgan fingerprint density at radius 2 is 1.35 bits per heavy atom. The average Bonchev–Trinajstić information content (AvgIpc) is 3.81. The molecular weight excluding hydrogens is 695 g/mol. The number of hydrogen-bond donors (Lipinski definition) is 0. The Hall–Kier alpha value is -6.78. The molecule has 3 atom stereocenters. The Kier molecular flexibility index (Phi) is 8.10. The van der Waals surface area contributed by atoms with E-state index in [9.17, 15) is 0 Å². The zero-order valence-corrected chi connectivity index (χ0v) is 31.8. The third-order valence-electron chi connectivity index (χ3n) is 12.0. The highest BCUT2D eigenvalue weighted by Gasteiger charge is 2.27. The smallest absolute Gasteiger partial charge is 0.160 e. The minimum Gasteiger partial charge on any atom is -0.456 e. The molecule has 3 unspecified atom stereocenters. The van der Waals surface area contributed by atoms with E-state index in [2.05, 4.69) is 175 Å². The molecular formula is C53H41N3O. The van der Waals surface area contributed by atoms with Crippen molar-refractivity contribution in [3.05, 3.63) is 191 Å². The van der Waals surface area contributed by atoms with E-state index in [4.69, 9.17) is 14.4 Å². The van der Waals surface area contributed by atoms with Gasteiger partial charge in [0.1, 0.15) is 11.0 Å². The fourth-order valence-electron chi connectivity index (χ4n) is 9.15. The minimum absolute atomic E-state index is 0.107. The molecule has 8 aromatic rings. The van der Waals surface area contributed by atoms with Gasteiger partial charge in [0, 0.05) is 49.9 Å². The molecule has 274 valence electrons. The van der Waals surface area contributed by atoms with Gasteiger partial charge in [0.15, 0.2) is 5.82 Å². The van der Waals surface area contributed by atoms with Crippen molar-refractivity contribution < 1.29 is 4.42 Å². The zero-order valence-electron chi connectivity index (χ0n) is 31.8. The first-order valence-corrected chi connectivity index (χ1v) is 20.2. The molecule has 11 rings (SSSR count). The van der Waals surface area contributed by atoms with Gasteiger partial charge >= 0.3 is 0 Å². The second-order valence-electron chi connectivity index (χ2n) is 15.7. The van der Waals surface area contributed by atoms with Crippen LogP contribution in [-0.4, -0.2) is 14.5 Å². The first-order chi connectivity index (χ1) is 28.1. The highest BCUT2D eigenvalue weighted by molar-refractivity contribution is 5.95. The largest absolute Gasteiger partial charge is 0.456 e. The predicted molar refractivity (Wildman–Crippen MR) is 235 cm³/mol. The van der Waals surface area contributed by atoms with E-state index in [1.165, 1.54) is 38.9 Å². The van der Waals surface area contributed by atoms with Crippen LogP contribution in [0.25, 0.3) is 79.6 Å². The third-order valence-corrected chi connectivity index (χ3v) is 12.0. The number of fused-ring (bicyclic) bond motifs is 6. The summed E-state index contributed by atoms with van der Waals surface area (Å²) in [6.45, 7) is 2.30. The first-order valence-electron chi connectivity index (χ1n) is 20.2. The maximum atomic E-state index is 6.80. The summed E-state index contributed by atoms with van der Waals surface area (Å²) in [5, 5.41) is 3.59. The summed E-state index contributed by atoms with van der Waals surface area (Å²) >= 11 is 0. The van der Waals surface area contributed by atoms with E-state index in [1.54, 1.807) is 0 Å². The minimum atomic E-state index is 0.107. The second kappa shape index (κ2) is 13.8. The number of nitrogens with zero attached hydrogens (tertiary/aromatic N) is 3. The number of rotatable bonds is 6. The van der Waals surface area contributed by atoms with Gasteiger partial charge in [-0.3, -0.25) is 0 Å². The van der Waals surface area contributed by atoms with Gasteiger partial charge in [0.05, 0.1) is 22.9 Å². The summed E-state index contributed by atoms with van der Waals surface area (Å²) in [5.41, 5.74) is 14.5. The van der Waals surface area contributed by atoms with Crippen molar-refractivity contribution in [2.45, 2.75) is 38.1 Å². The van der Waals surface area contributed by atoms with Gasteiger partial charge in [-0.1, -0.05) is 153 Å². The number of allylic oxidation sites excluding steroid dienone is 5. The average molecular weight is 736 g/mol. The molecule has 4 heteroatoms. The molecule has 3 aromatic heterocycles. The van der Waals surface area contributed by atoms with E-state index in [-0.39, 0.29) is 6.04 Å². The van der Waals surface area contributed by atoms with Gasteiger partial charge in [0.2, 0.25) is 0 Å². The second-order valence-corrected chi connectivity index (χ2v) is 15.7. The molecule has 57 heavy (non-hydrogen) atoms. The Labute approximate surface area is 332 Å². The van der Waals surface area contributed by atoms with Gasteiger partial charge in [-0.15, -0.1) is 0 Å². The molecule has 0 amide bonds. The lowest BCUT2D eigenvalue weighted by Crippen LogP contribution is -2.27. The van der Waals surface area contributed by atoms with Gasteiger partial charge in [0.25, 0.3) is 0 Å². The lowest BCUT2D eigenvalue weighted by atomic mass is 9.87. The number of benzene rings is 5. The lowest BCUT2D eigenvalue weighted by Gasteiger charge is -2.24. The quantitative estimate of drug-likeness (QED) is 0.171. The summed E-state index contributed by atoms with van der Waals surface area (Å²) in [5.74, 6) is 1.54. The maximum Gasteiger partial charge on any atom is 0.160 e. The van der Waals surface area contributed by atoms with Crippen LogP contribution in [0.4, 0.5) is 0 Å². The predicted octanol–water partition coefficient (Wildman–Crippen LogP) is 11.7. The summed E-state index contributed by atoms with van der Waals surface area (Å²) < 4.78 is 9.42. The Morgan fingerprint density at radius 3 is 2.09 bits per heavy atom. The Balaban J connectivity index is 1.03. The molecule has 3 heterocycles. The molecule has 4 nitrogen and oxygen atoms in total. The van der Waals surface area contributed by atoms with Crippen molar-refractivity contribution in [3.63, 3.8) is 0 Å². The van der Waals surface area contributed by atoms with Crippen molar-refractivity contribution in [1.29, 1.82) is 0 Å². The highest BCUT2D eigenvalue weighted by atomic mass is 16.3. The van der Waals surface area contributed by atoms with Crippen molar-refractivity contribution in [2.24, 2.45) is 5.92 Å². The van der Waals surface area contributed by atoms with Crippen molar-refractivity contribution in [3.8, 4) is 33.9 Å². The molecule has 0 bridgehead atoms. The van der Waals surface area contributed by atoms with E-state index in [1.807, 2.05) is 12.1 Å². The monoisotopic (exact) mass is 735 g/mol. The summed E-state index contributed by atoms with van der Waals surface area (Å²) in [6.07, 6.45) is 19.5. The zero-order chi connectivity index (χ0) is 37.9. The fourth-order valence-corrected chi connectivity index (χ4v) is 9.15. The summed E-state index contributed by atoms with van der Waals surface area (Å²) in [7, 11) is 0. The van der Waals surface area contributed by atoms with Crippen molar-refractivity contribution in [2.75, 3.05) is 0 Å². The Morgan fingerprint density at radius 1 is 0.649 bits per heavy atom. The SMILES string of the molecule is CC1C=C(c2ccc3c4c(n(C5C=c6oc7cc(-c8nc(-c9ccccc9)cc(-c9ccccc9)n8)ccc7c6=CC5)c3c2)CC(c2ccccc2)C=C4)C=CC1. The Bertz CT molecular complexity index is 3000. The molecule has 0 aliphatic heterocycles. The topological polar surface area (TPSA) is 43.9 Å². The molecule has 3 aliphatic carbocycles. The van der Waals surface area contributed by atoms with Crippen LogP contribution in [0.15, 0.2) is 162 Å². The fraction of sp³-hybridized carbons (Fsp3) is 0.132. The van der Waals surface area contributed by atoms with Crippen LogP contribution in [0, 0.1) is 5.92 Å². The van der Waals surface area contributed by atoms with Crippen LogP contribution < -0.4 is 10.6 Å². The van der Waals surface area contributed by atoms with E-state index < -0.39 is 0 Å². The van der Waals surface area contributed by atoms with Crippen molar-refractivity contribution >= 4 is 45.7 Å². The van der Waals surface area contributed by atoms with Crippen LogP contribution >= 0.6 is 0 Å². The maximum absolute atomic E-state index is 6.80. The van der Waals surface area contributed by atoms with Crippen LogP contribution in [-0.2, 0) is 6.42 Å². The van der Waals surface area contributed by atoms with Gasteiger partial charge in [-0.2, -0.15) is 0 Å². The molecule has 0 fully saturated rings. The molecule has 0 N–H and O–H groups in total. The lowest BCUT2D eigenvalue weighted by molar-refractivity contribution is 0.552. The summed E-state index contributed by atoms with van der Waals surface area (Å²) in [6, 6.07) is 47.3. The molecule has 5 aromatic carbocycles. The van der Waals surface area contributed by atoms with Gasteiger partial charge < -0.3 is 8.98 Å².